The lowest BCUT2D eigenvalue weighted by Gasteiger charge is -2.46. The summed E-state index contributed by atoms with van der Waals surface area (Å²) in [6.45, 7) is 0.0796. The van der Waals surface area contributed by atoms with Gasteiger partial charge in [0.2, 0.25) is 10.0 Å². The van der Waals surface area contributed by atoms with Gasteiger partial charge in [-0.15, -0.1) is 0 Å². The van der Waals surface area contributed by atoms with Crippen LogP contribution >= 0.6 is 0 Å². The van der Waals surface area contributed by atoms with E-state index in [4.69, 9.17) is 0 Å². The Morgan fingerprint density at radius 3 is 2.46 bits per heavy atom. The Balaban J connectivity index is 1.43. The van der Waals surface area contributed by atoms with E-state index >= 15 is 0 Å². The van der Waals surface area contributed by atoms with Gasteiger partial charge < -0.3 is 4.90 Å². The number of alkyl halides is 3. The lowest BCUT2D eigenvalue weighted by molar-refractivity contribution is -0.186. The normalized spacial score (nSPS) is 22.7. The average molecular weight is 533 g/mol. The van der Waals surface area contributed by atoms with Gasteiger partial charge in [-0.3, -0.25) is 9.59 Å². The molecule has 0 saturated carbocycles. The number of benzene rings is 2. The van der Waals surface area contributed by atoms with Crippen LogP contribution in [-0.2, 0) is 39.0 Å². The van der Waals surface area contributed by atoms with Crippen molar-refractivity contribution in [1.29, 1.82) is 0 Å². The zero-order valence-electron chi connectivity index (χ0n) is 20.1. The Labute approximate surface area is 213 Å². The maximum absolute atomic E-state index is 13.8. The Morgan fingerprint density at radius 1 is 0.973 bits per heavy atom. The van der Waals surface area contributed by atoms with Gasteiger partial charge in [0.15, 0.2) is 5.78 Å². The van der Waals surface area contributed by atoms with E-state index in [1.54, 1.807) is 12.1 Å². The van der Waals surface area contributed by atoms with E-state index in [9.17, 15) is 31.2 Å². The molecule has 37 heavy (non-hydrogen) atoms. The maximum atomic E-state index is 13.8. The first-order chi connectivity index (χ1) is 17.5. The third-order valence-electron chi connectivity index (χ3n) is 7.72. The molecule has 1 fully saturated rings. The number of amides is 1. The van der Waals surface area contributed by atoms with Gasteiger partial charge in [0.1, 0.15) is 0 Å². The summed E-state index contributed by atoms with van der Waals surface area (Å²) >= 11 is 0. The molecule has 196 valence electrons. The summed E-state index contributed by atoms with van der Waals surface area (Å²) < 4.78 is 67.8. The van der Waals surface area contributed by atoms with Crippen LogP contribution in [0.15, 0.2) is 65.1 Å². The molecule has 1 aliphatic carbocycles. The van der Waals surface area contributed by atoms with Gasteiger partial charge in [-0.2, -0.15) is 17.5 Å². The number of carbonyl (C=O) groups excluding carboxylic acids is 2. The molecule has 0 bridgehead atoms. The number of nitrogens with zero attached hydrogens (tertiary/aromatic N) is 2. The third-order valence-corrected chi connectivity index (χ3v) is 9.56. The van der Waals surface area contributed by atoms with Crippen LogP contribution in [0.25, 0.3) is 0 Å². The van der Waals surface area contributed by atoms with Gasteiger partial charge in [-0.05, 0) is 60.6 Å². The number of hydrogen-bond acceptors (Lipinski definition) is 4. The molecule has 3 aliphatic rings. The second kappa shape index (κ2) is 9.40. The molecule has 2 aromatic carbocycles. The van der Waals surface area contributed by atoms with Gasteiger partial charge in [-0.25, -0.2) is 8.42 Å². The second-order valence-electron chi connectivity index (χ2n) is 10.1. The highest BCUT2D eigenvalue weighted by molar-refractivity contribution is 7.89. The maximum Gasteiger partial charge on any atom is 0.471 e. The predicted molar refractivity (Wildman–Crippen MR) is 130 cm³/mol. The molecule has 0 N–H and O–H groups in total. The standard InChI is InChI=1S/C27H27F3N2O4S/c28-27(29,30)25(34)31-12-9-20-6-7-24(14-21(20)17-31)37(35,36)32-13-10-22-15-23(33)8-11-26(22,18-32)16-19-4-2-1-3-5-19/h1-7,14-15H,8-13,16-18H2. The molecule has 0 radical (unpaired) electrons. The van der Waals surface area contributed by atoms with E-state index in [1.807, 2.05) is 30.3 Å². The summed E-state index contributed by atoms with van der Waals surface area (Å²) in [6.07, 6.45) is -1.11. The van der Waals surface area contributed by atoms with Gasteiger partial charge in [0.05, 0.1) is 4.90 Å². The number of rotatable bonds is 4. The fraction of sp³-hybridized carbons (Fsp3) is 0.407. The predicted octanol–water partition coefficient (Wildman–Crippen LogP) is 4.05. The number of sulfonamides is 1. The van der Waals surface area contributed by atoms with E-state index in [-0.39, 0.29) is 43.3 Å². The van der Waals surface area contributed by atoms with Gasteiger partial charge in [-0.1, -0.05) is 42.0 Å². The summed E-state index contributed by atoms with van der Waals surface area (Å²) in [5.41, 5.74) is 2.69. The van der Waals surface area contributed by atoms with Crippen molar-refractivity contribution in [2.24, 2.45) is 5.41 Å². The molecule has 10 heteroatoms. The lowest BCUT2D eigenvalue weighted by Crippen LogP contribution is -2.49. The molecule has 0 aromatic heterocycles. The van der Waals surface area contributed by atoms with Crippen LogP contribution in [0, 0.1) is 5.41 Å². The fourth-order valence-corrected chi connectivity index (χ4v) is 7.35. The first kappa shape index (κ1) is 25.7. The monoisotopic (exact) mass is 532 g/mol. The van der Waals surface area contributed by atoms with Crippen molar-refractivity contribution in [3.05, 3.63) is 76.9 Å². The quantitative estimate of drug-likeness (QED) is 0.596. The smallest absolute Gasteiger partial charge is 0.330 e. The minimum Gasteiger partial charge on any atom is -0.330 e. The minimum atomic E-state index is -4.98. The molecule has 0 spiro atoms. The highest BCUT2D eigenvalue weighted by Gasteiger charge is 2.46. The molecule has 2 aromatic rings. The van der Waals surface area contributed by atoms with Gasteiger partial charge in [0.25, 0.3) is 0 Å². The number of hydrogen-bond donors (Lipinski definition) is 0. The van der Waals surface area contributed by atoms with Crippen molar-refractivity contribution in [3.63, 3.8) is 0 Å². The van der Waals surface area contributed by atoms with E-state index in [0.29, 0.717) is 36.1 Å². The van der Waals surface area contributed by atoms with Crippen molar-refractivity contribution in [2.75, 3.05) is 19.6 Å². The zero-order chi connectivity index (χ0) is 26.4. The van der Waals surface area contributed by atoms with E-state index < -0.39 is 27.5 Å². The number of piperidine rings is 1. The Kier molecular flexibility index (Phi) is 6.52. The number of allylic oxidation sites excluding steroid dienone is 1. The Bertz CT molecular complexity index is 1370. The number of fused-ring (bicyclic) bond motifs is 2. The summed E-state index contributed by atoms with van der Waals surface area (Å²) in [5, 5.41) is 0. The van der Waals surface area contributed by atoms with Gasteiger partial charge >= 0.3 is 12.1 Å². The van der Waals surface area contributed by atoms with Crippen molar-refractivity contribution in [3.8, 4) is 0 Å². The van der Waals surface area contributed by atoms with Crippen LogP contribution in [0.4, 0.5) is 13.2 Å². The van der Waals surface area contributed by atoms with Crippen molar-refractivity contribution in [1.82, 2.24) is 9.21 Å². The van der Waals surface area contributed by atoms with Crippen molar-refractivity contribution in [2.45, 2.75) is 49.7 Å². The fourth-order valence-electron chi connectivity index (χ4n) is 5.77. The second-order valence-corrected chi connectivity index (χ2v) is 12.0. The number of halogens is 3. The molecule has 2 heterocycles. The molecular weight excluding hydrogens is 505 g/mol. The molecule has 1 saturated heterocycles. The Morgan fingerprint density at radius 2 is 1.73 bits per heavy atom. The molecule has 1 unspecified atom stereocenters. The van der Waals surface area contributed by atoms with Crippen LogP contribution in [0.1, 0.15) is 36.0 Å². The molecular formula is C27H27F3N2O4S. The average Bonchev–Trinajstić information content (AvgIpc) is 2.87. The molecule has 1 amide bonds. The van der Waals surface area contributed by atoms with E-state index in [1.165, 1.54) is 16.4 Å². The topological polar surface area (TPSA) is 74.8 Å². The van der Waals surface area contributed by atoms with Crippen LogP contribution < -0.4 is 0 Å². The molecule has 5 rings (SSSR count). The van der Waals surface area contributed by atoms with Crippen molar-refractivity contribution >= 4 is 21.7 Å². The van der Waals surface area contributed by atoms with Crippen LogP contribution in [0.3, 0.4) is 0 Å². The third kappa shape index (κ3) is 4.96. The molecule has 6 nitrogen and oxygen atoms in total. The highest BCUT2D eigenvalue weighted by Crippen LogP contribution is 2.46. The van der Waals surface area contributed by atoms with Crippen molar-refractivity contribution < 1.29 is 31.2 Å². The van der Waals surface area contributed by atoms with E-state index in [2.05, 4.69) is 0 Å². The summed E-state index contributed by atoms with van der Waals surface area (Å²) in [7, 11) is -3.96. The minimum absolute atomic E-state index is 0.00161. The SMILES string of the molecule is O=C1C=C2CCN(S(=O)(=O)c3ccc4c(c3)CN(C(=O)C(F)(F)F)CC4)CC2(Cc2ccccc2)CC1. The summed E-state index contributed by atoms with van der Waals surface area (Å²) in [4.78, 5) is 24.6. The highest BCUT2D eigenvalue weighted by atomic mass is 32.2. The van der Waals surface area contributed by atoms with Gasteiger partial charge in [0, 0.05) is 38.0 Å². The van der Waals surface area contributed by atoms with E-state index in [0.717, 1.165) is 16.7 Å². The first-order valence-electron chi connectivity index (χ1n) is 12.2. The molecule has 2 aliphatic heterocycles. The summed E-state index contributed by atoms with van der Waals surface area (Å²) in [5.74, 6) is -1.86. The number of carbonyl (C=O) groups is 2. The lowest BCUT2D eigenvalue weighted by atomic mass is 9.66. The van der Waals surface area contributed by atoms with Crippen LogP contribution in [-0.4, -0.2) is 55.1 Å². The Hall–Kier alpha value is -2.98. The van der Waals surface area contributed by atoms with Crippen LogP contribution in [0.5, 0.6) is 0 Å². The molecule has 1 atom stereocenters. The summed E-state index contributed by atoms with van der Waals surface area (Å²) in [6, 6.07) is 14.3. The van der Waals surface area contributed by atoms with Crippen LogP contribution in [0.2, 0.25) is 0 Å². The first-order valence-corrected chi connectivity index (χ1v) is 13.7. The number of ketones is 1. The zero-order valence-corrected chi connectivity index (χ0v) is 20.9. The largest absolute Gasteiger partial charge is 0.471 e.